The lowest BCUT2D eigenvalue weighted by atomic mass is 10.1. The number of carbonyl (C=O) groups excluding carboxylic acids is 1. The number of aromatic nitrogens is 2. The van der Waals surface area contributed by atoms with E-state index in [4.69, 9.17) is 10.5 Å². The molecule has 0 atom stereocenters. The maximum absolute atomic E-state index is 12.6. The van der Waals surface area contributed by atoms with Gasteiger partial charge in [0.05, 0.1) is 18.3 Å². The Labute approximate surface area is 174 Å². The molecule has 0 spiro atoms. The summed E-state index contributed by atoms with van der Waals surface area (Å²) >= 11 is 0. The Hall–Kier alpha value is -3.09. The third-order valence-corrected chi connectivity index (χ3v) is 4.77. The number of aromatic amines is 1. The molecule has 2 heterocycles. The number of nitrogens with zero attached hydrogens (tertiary/aromatic N) is 1. The quantitative estimate of drug-likeness (QED) is 0.466. The lowest BCUT2D eigenvalue weighted by molar-refractivity contribution is 0.0950. The standard InChI is InChI=1S/C22H22N4O2.ClH/c1-13-3-8-18-16(11-13)17-12-19(22(27)24-10-9-23)26-20(21(17)25-18)14-4-6-15(28-2)7-5-14;/h3-8,11-12,25H,9-10,23H2,1-2H3,(H,24,27);1H. The van der Waals surface area contributed by atoms with Crippen molar-refractivity contribution in [2.75, 3.05) is 20.2 Å². The Morgan fingerprint density at radius 2 is 1.90 bits per heavy atom. The Morgan fingerprint density at radius 3 is 2.59 bits per heavy atom. The number of hydrogen-bond donors (Lipinski definition) is 3. The molecule has 2 aromatic carbocycles. The molecule has 0 fully saturated rings. The van der Waals surface area contributed by atoms with Crippen LogP contribution < -0.4 is 15.8 Å². The number of pyridine rings is 1. The summed E-state index contributed by atoms with van der Waals surface area (Å²) < 4.78 is 5.26. The fraction of sp³-hybridized carbons (Fsp3) is 0.182. The highest BCUT2D eigenvalue weighted by molar-refractivity contribution is 6.13. The van der Waals surface area contributed by atoms with Crippen LogP contribution in [0.25, 0.3) is 33.1 Å². The minimum absolute atomic E-state index is 0. The molecule has 1 amide bonds. The smallest absolute Gasteiger partial charge is 0.269 e. The summed E-state index contributed by atoms with van der Waals surface area (Å²) in [7, 11) is 1.63. The number of H-pyrrole nitrogens is 1. The maximum atomic E-state index is 12.6. The summed E-state index contributed by atoms with van der Waals surface area (Å²) in [6.07, 6.45) is 0. The van der Waals surface area contributed by atoms with E-state index in [9.17, 15) is 4.79 Å². The molecular weight excluding hydrogens is 388 g/mol. The van der Waals surface area contributed by atoms with Crippen molar-refractivity contribution in [1.82, 2.24) is 15.3 Å². The second-order valence-corrected chi connectivity index (χ2v) is 6.73. The van der Waals surface area contributed by atoms with Crippen LogP contribution in [-0.4, -0.2) is 36.1 Å². The van der Waals surface area contributed by atoms with Gasteiger partial charge in [-0.25, -0.2) is 4.98 Å². The maximum Gasteiger partial charge on any atom is 0.269 e. The number of fused-ring (bicyclic) bond motifs is 3. The van der Waals surface area contributed by atoms with Gasteiger partial charge in [0, 0.05) is 34.9 Å². The summed E-state index contributed by atoms with van der Waals surface area (Å²) in [6.45, 7) is 2.84. The third-order valence-electron chi connectivity index (χ3n) is 4.77. The van der Waals surface area contributed by atoms with Gasteiger partial charge in [0.15, 0.2) is 0 Å². The van der Waals surface area contributed by atoms with Crippen LogP contribution in [0, 0.1) is 6.92 Å². The fourth-order valence-electron chi connectivity index (χ4n) is 3.36. The zero-order valence-corrected chi connectivity index (χ0v) is 17.1. The summed E-state index contributed by atoms with van der Waals surface area (Å²) in [4.78, 5) is 20.7. The average Bonchev–Trinajstić information content (AvgIpc) is 3.09. The van der Waals surface area contributed by atoms with Crippen LogP contribution in [-0.2, 0) is 0 Å². The van der Waals surface area contributed by atoms with E-state index < -0.39 is 0 Å². The summed E-state index contributed by atoms with van der Waals surface area (Å²) in [5, 5.41) is 4.84. The van der Waals surface area contributed by atoms with Crippen LogP contribution in [0.15, 0.2) is 48.5 Å². The number of aryl methyl sites for hydroxylation is 1. The summed E-state index contributed by atoms with van der Waals surface area (Å²) in [5.41, 5.74) is 10.6. The molecule has 7 heteroatoms. The van der Waals surface area contributed by atoms with E-state index in [1.165, 1.54) is 0 Å². The van der Waals surface area contributed by atoms with Gasteiger partial charge in [-0.05, 0) is 49.4 Å². The Morgan fingerprint density at radius 1 is 1.14 bits per heavy atom. The largest absolute Gasteiger partial charge is 0.497 e. The van der Waals surface area contributed by atoms with Crippen molar-refractivity contribution in [3.05, 3.63) is 59.8 Å². The van der Waals surface area contributed by atoms with E-state index in [0.717, 1.165) is 44.4 Å². The van der Waals surface area contributed by atoms with Crippen molar-refractivity contribution < 1.29 is 9.53 Å². The van der Waals surface area contributed by atoms with Crippen molar-refractivity contribution in [2.24, 2.45) is 5.73 Å². The zero-order chi connectivity index (χ0) is 19.7. The van der Waals surface area contributed by atoms with Crippen molar-refractivity contribution in [3.8, 4) is 17.0 Å². The van der Waals surface area contributed by atoms with E-state index in [-0.39, 0.29) is 18.3 Å². The molecule has 0 aliphatic carbocycles. The van der Waals surface area contributed by atoms with E-state index in [2.05, 4.69) is 40.4 Å². The van der Waals surface area contributed by atoms with Crippen molar-refractivity contribution in [2.45, 2.75) is 6.92 Å². The zero-order valence-electron chi connectivity index (χ0n) is 16.3. The van der Waals surface area contributed by atoms with Crippen molar-refractivity contribution in [3.63, 3.8) is 0 Å². The van der Waals surface area contributed by atoms with Gasteiger partial charge in [0.25, 0.3) is 5.91 Å². The molecule has 0 unspecified atom stereocenters. The van der Waals surface area contributed by atoms with Crippen LogP contribution in [0.3, 0.4) is 0 Å². The van der Waals surface area contributed by atoms with E-state index in [0.29, 0.717) is 18.8 Å². The predicted molar refractivity (Wildman–Crippen MR) is 119 cm³/mol. The summed E-state index contributed by atoms with van der Waals surface area (Å²) in [5.74, 6) is 0.535. The molecule has 29 heavy (non-hydrogen) atoms. The van der Waals surface area contributed by atoms with Crippen LogP contribution in [0.5, 0.6) is 5.75 Å². The van der Waals surface area contributed by atoms with Crippen LogP contribution in [0.4, 0.5) is 0 Å². The Kier molecular flexibility index (Phi) is 6.06. The normalized spacial score (nSPS) is 10.7. The molecule has 0 saturated carbocycles. The van der Waals surface area contributed by atoms with E-state index in [1.807, 2.05) is 30.3 Å². The first kappa shape index (κ1) is 20.6. The molecule has 0 radical (unpaired) electrons. The van der Waals surface area contributed by atoms with Crippen LogP contribution in [0.2, 0.25) is 0 Å². The number of carbonyl (C=O) groups is 1. The lowest BCUT2D eigenvalue weighted by Crippen LogP contribution is -2.29. The van der Waals surface area contributed by atoms with Gasteiger partial charge in [-0.1, -0.05) is 11.6 Å². The number of nitrogens with one attached hydrogen (secondary N) is 2. The topological polar surface area (TPSA) is 93.0 Å². The molecule has 4 aromatic rings. The monoisotopic (exact) mass is 410 g/mol. The molecule has 0 aliphatic rings. The number of methoxy groups -OCH3 is 1. The first-order valence-corrected chi connectivity index (χ1v) is 9.16. The lowest BCUT2D eigenvalue weighted by Gasteiger charge is -2.09. The molecule has 0 saturated heterocycles. The van der Waals surface area contributed by atoms with E-state index in [1.54, 1.807) is 7.11 Å². The first-order valence-electron chi connectivity index (χ1n) is 9.16. The van der Waals surface area contributed by atoms with Gasteiger partial charge in [0.1, 0.15) is 11.4 Å². The molecule has 150 valence electrons. The molecule has 0 aliphatic heterocycles. The van der Waals surface area contributed by atoms with Gasteiger partial charge in [-0.3, -0.25) is 4.79 Å². The molecule has 4 N–H and O–H groups in total. The molecular formula is C22H23ClN4O2. The summed E-state index contributed by atoms with van der Waals surface area (Å²) in [6, 6.07) is 15.7. The van der Waals surface area contributed by atoms with Crippen LogP contribution in [0.1, 0.15) is 16.1 Å². The minimum Gasteiger partial charge on any atom is -0.497 e. The number of nitrogens with two attached hydrogens (primary N) is 1. The number of benzene rings is 2. The van der Waals surface area contributed by atoms with Crippen molar-refractivity contribution in [1.29, 1.82) is 0 Å². The molecule has 4 rings (SSSR count). The third kappa shape index (κ3) is 3.90. The second-order valence-electron chi connectivity index (χ2n) is 6.73. The van der Waals surface area contributed by atoms with Gasteiger partial charge in [0.2, 0.25) is 0 Å². The molecule has 6 nitrogen and oxygen atoms in total. The molecule has 2 aromatic heterocycles. The predicted octanol–water partition coefficient (Wildman–Crippen LogP) is 3.81. The average molecular weight is 411 g/mol. The van der Waals surface area contributed by atoms with E-state index >= 15 is 0 Å². The van der Waals surface area contributed by atoms with Gasteiger partial charge in [-0.15, -0.1) is 12.4 Å². The molecule has 0 bridgehead atoms. The fourth-order valence-corrected chi connectivity index (χ4v) is 3.36. The Balaban J connectivity index is 0.00000240. The second kappa shape index (κ2) is 8.51. The van der Waals surface area contributed by atoms with Crippen LogP contribution >= 0.6 is 12.4 Å². The van der Waals surface area contributed by atoms with Gasteiger partial charge >= 0.3 is 0 Å². The number of hydrogen-bond acceptors (Lipinski definition) is 4. The van der Waals surface area contributed by atoms with Gasteiger partial charge < -0.3 is 20.8 Å². The highest BCUT2D eigenvalue weighted by Gasteiger charge is 2.17. The van der Waals surface area contributed by atoms with Gasteiger partial charge in [-0.2, -0.15) is 0 Å². The number of rotatable bonds is 5. The SMILES string of the molecule is COc1ccc(-c2nc(C(=O)NCCN)cc3c2[nH]c2ccc(C)cc23)cc1.Cl. The number of amides is 1. The van der Waals surface area contributed by atoms with Crippen molar-refractivity contribution >= 4 is 40.1 Å². The highest BCUT2D eigenvalue weighted by Crippen LogP contribution is 2.33. The Bertz CT molecular complexity index is 1170. The minimum atomic E-state index is -0.232. The number of ether oxygens (including phenoxy) is 1. The number of halogens is 1. The highest BCUT2D eigenvalue weighted by atomic mass is 35.5. The first-order chi connectivity index (χ1) is 13.6.